The number of para-hydroxylation sites is 6. The Morgan fingerprint density at radius 3 is 0.923 bits per heavy atom. The van der Waals surface area contributed by atoms with E-state index in [2.05, 4.69) is 226 Å². The van der Waals surface area contributed by atoms with Crippen LogP contribution in [-0.4, -0.2) is 13.4 Å². The van der Waals surface area contributed by atoms with Crippen molar-refractivity contribution in [1.29, 1.82) is 0 Å². The monoisotopic (exact) mass is 1000 g/mol. The summed E-state index contributed by atoms with van der Waals surface area (Å²) in [5, 5.41) is 0. The van der Waals surface area contributed by atoms with E-state index in [0.29, 0.717) is 0 Å². The van der Waals surface area contributed by atoms with Gasteiger partial charge in [0.2, 0.25) is 0 Å². The van der Waals surface area contributed by atoms with Crippen LogP contribution in [0.15, 0.2) is 206 Å². The van der Waals surface area contributed by atoms with Gasteiger partial charge in [-0.25, -0.2) is 0 Å². The molecule has 4 nitrogen and oxygen atoms in total. The number of rotatable bonds is 6. The van der Waals surface area contributed by atoms with E-state index in [0.717, 1.165) is 35.5 Å². The first-order valence-electron chi connectivity index (χ1n) is 29.7. The summed E-state index contributed by atoms with van der Waals surface area (Å²) in [6.45, 7) is 0.0172. The van der Waals surface area contributed by atoms with E-state index in [-0.39, 0.29) is 24.3 Å². The van der Waals surface area contributed by atoms with Gasteiger partial charge in [0.1, 0.15) is 0 Å². The molecular formula is C72H60B2N4. The fourth-order valence-corrected chi connectivity index (χ4v) is 19.7. The average Bonchev–Trinajstić information content (AvgIpc) is 4.28. The zero-order chi connectivity index (χ0) is 50.6. The van der Waals surface area contributed by atoms with Crippen molar-refractivity contribution >= 4 is 114 Å². The first-order valence-corrected chi connectivity index (χ1v) is 29.7. The summed E-state index contributed by atoms with van der Waals surface area (Å²) in [6, 6.07) is 80.6. The molecule has 9 aromatic rings. The Bertz CT molecular complexity index is 3700. The quantitative estimate of drug-likeness (QED) is 0.154. The molecule has 6 heteroatoms. The summed E-state index contributed by atoms with van der Waals surface area (Å²) < 4.78 is 0. The highest BCUT2D eigenvalue weighted by molar-refractivity contribution is 7.03. The third-order valence-corrected chi connectivity index (χ3v) is 22.2. The molecule has 0 aromatic heterocycles. The normalized spacial score (nSPS) is 27.2. The van der Waals surface area contributed by atoms with Crippen LogP contribution in [-0.2, 0) is 10.8 Å². The highest BCUT2D eigenvalue weighted by Crippen LogP contribution is 2.67. The Morgan fingerprint density at radius 1 is 0.282 bits per heavy atom. The van der Waals surface area contributed by atoms with Crippen molar-refractivity contribution in [2.45, 2.75) is 75.0 Å². The number of hydrogen-bond donors (Lipinski definition) is 0. The summed E-state index contributed by atoms with van der Waals surface area (Å²) in [5.74, 6) is 5.16. The van der Waals surface area contributed by atoms with Crippen molar-refractivity contribution in [3.63, 3.8) is 0 Å². The maximum Gasteiger partial charge on any atom is 0.252 e. The first-order chi connectivity index (χ1) is 38.5. The third-order valence-electron chi connectivity index (χ3n) is 22.2. The number of fused-ring (bicyclic) bond motifs is 8. The summed E-state index contributed by atoms with van der Waals surface area (Å²) in [4.78, 5) is 10.7. The number of anilines is 12. The van der Waals surface area contributed by atoms with E-state index in [9.17, 15) is 0 Å². The summed E-state index contributed by atoms with van der Waals surface area (Å²) in [6.07, 6.45) is 13.7. The lowest BCUT2D eigenvalue weighted by Gasteiger charge is -2.48. The van der Waals surface area contributed by atoms with Gasteiger partial charge in [-0.05, 0) is 245 Å². The van der Waals surface area contributed by atoms with Gasteiger partial charge in [0, 0.05) is 68.2 Å². The minimum atomic E-state index is 0.00859. The molecule has 4 aliphatic heterocycles. The van der Waals surface area contributed by atoms with Crippen molar-refractivity contribution in [2.24, 2.45) is 35.5 Å². The smallest absolute Gasteiger partial charge is 0.252 e. The maximum absolute atomic E-state index is 2.73. The fraction of sp³-hybridized carbons (Fsp3) is 0.250. The van der Waals surface area contributed by atoms with Gasteiger partial charge in [0.05, 0.1) is 0 Å². The van der Waals surface area contributed by atoms with Crippen LogP contribution < -0.4 is 52.4 Å². The van der Waals surface area contributed by atoms with Crippen molar-refractivity contribution in [3.8, 4) is 0 Å². The fourth-order valence-electron chi connectivity index (χ4n) is 19.7. The predicted molar refractivity (Wildman–Crippen MR) is 325 cm³/mol. The van der Waals surface area contributed by atoms with Gasteiger partial charge < -0.3 is 19.6 Å². The molecule has 8 aliphatic carbocycles. The Labute approximate surface area is 459 Å². The molecule has 9 aromatic carbocycles. The maximum atomic E-state index is 2.73. The molecule has 8 fully saturated rings. The highest BCUT2D eigenvalue weighted by atomic mass is 15.2. The standard InChI is InChI=1S/C72H60B2N4/c1-5-17-53(18-6-1)75-61-27-15-13-25-57(61)73-59-37-60-64(38-63(59)77(55-21-9-3-10-22-55)67-35-51(33-65(75)69(67)73)71-39-45-29-47(41-71)48(30-45)42-71)78(56-23-11-4-12-24-56)68-36-52(72-40-46-31-49(43-72)50(32-46)44-72)34-66-70(68)74(60)58-26-14-16-28-62(58)76(66)54-19-7-2-8-20-54/h1-28,33-38,45-50H,29-32,39-44H2. The Hall–Kier alpha value is -7.69. The van der Waals surface area contributed by atoms with Crippen LogP contribution >= 0.6 is 0 Å². The predicted octanol–water partition coefficient (Wildman–Crippen LogP) is 14.0. The van der Waals surface area contributed by atoms with Gasteiger partial charge in [0.15, 0.2) is 0 Å². The van der Waals surface area contributed by atoms with Gasteiger partial charge in [0.25, 0.3) is 13.4 Å². The van der Waals surface area contributed by atoms with Crippen molar-refractivity contribution < 1.29 is 0 Å². The number of nitrogens with zero attached hydrogens (tertiary/aromatic N) is 4. The second-order valence-electron chi connectivity index (χ2n) is 26.0. The molecule has 12 aliphatic rings. The molecule has 0 radical (unpaired) electrons. The Morgan fingerprint density at radius 2 is 0.590 bits per heavy atom. The van der Waals surface area contributed by atoms with E-state index >= 15 is 0 Å². The van der Waals surface area contributed by atoms with Gasteiger partial charge in [-0.3, -0.25) is 0 Å². The summed E-state index contributed by atoms with van der Waals surface area (Å²) in [7, 11) is 0. The molecule has 21 rings (SSSR count). The average molecular weight is 1000 g/mol. The molecule has 0 spiro atoms. The lowest BCUT2D eigenvalue weighted by Crippen LogP contribution is -2.65. The minimum Gasteiger partial charge on any atom is -0.311 e. The molecule has 8 bridgehead atoms. The lowest BCUT2D eigenvalue weighted by atomic mass is 9.30. The summed E-state index contributed by atoms with van der Waals surface area (Å²) in [5.41, 5.74) is 27.3. The molecule has 78 heavy (non-hydrogen) atoms. The molecule has 8 saturated carbocycles. The molecule has 0 N–H and O–H groups in total. The molecule has 4 atom stereocenters. The molecule has 4 heterocycles. The van der Waals surface area contributed by atoms with Crippen molar-refractivity contribution in [2.75, 3.05) is 19.6 Å². The van der Waals surface area contributed by atoms with Crippen LogP contribution in [0.2, 0.25) is 0 Å². The molecule has 0 amide bonds. The van der Waals surface area contributed by atoms with E-state index in [1.807, 2.05) is 0 Å². The zero-order valence-corrected chi connectivity index (χ0v) is 44.1. The lowest BCUT2D eigenvalue weighted by molar-refractivity contribution is 0.229. The largest absolute Gasteiger partial charge is 0.311 e. The molecule has 4 unspecified atom stereocenters. The second kappa shape index (κ2) is 15.5. The van der Waals surface area contributed by atoms with Crippen molar-refractivity contribution in [3.05, 3.63) is 217 Å². The van der Waals surface area contributed by atoms with E-state index in [1.54, 1.807) is 11.1 Å². The number of hydrogen-bond acceptors (Lipinski definition) is 4. The number of benzene rings is 9. The zero-order valence-electron chi connectivity index (χ0n) is 44.1. The Balaban J connectivity index is 0.918. The molecular weight excluding hydrogens is 942 g/mol. The van der Waals surface area contributed by atoms with Gasteiger partial charge >= 0.3 is 0 Å². The Kier molecular flexibility index (Phi) is 8.62. The van der Waals surface area contributed by atoms with Crippen LogP contribution in [0.4, 0.5) is 68.2 Å². The third kappa shape index (κ3) is 5.73. The van der Waals surface area contributed by atoms with E-state index < -0.39 is 0 Å². The molecule has 0 saturated heterocycles. The SMILES string of the molecule is c1ccc(N2c3ccccc3B3c4cc5c(cc4N(c4ccccc4)c4cc(C67CC8CC(C6)C(C8)C7)cc2c43)N(c2ccccc2)c2cc(C34CC6CC(C3)C(C6)C4)cc3c2B5c2ccccc2N3c2ccccc2)cc1. The van der Waals surface area contributed by atoms with Crippen LogP contribution in [0.1, 0.15) is 75.3 Å². The van der Waals surface area contributed by atoms with Crippen LogP contribution in [0, 0.1) is 35.5 Å². The van der Waals surface area contributed by atoms with E-state index in [1.165, 1.54) is 165 Å². The van der Waals surface area contributed by atoms with Crippen LogP contribution in [0.5, 0.6) is 0 Å². The van der Waals surface area contributed by atoms with Crippen LogP contribution in [0.3, 0.4) is 0 Å². The van der Waals surface area contributed by atoms with E-state index in [4.69, 9.17) is 0 Å². The van der Waals surface area contributed by atoms with Gasteiger partial charge in [-0.2, -0.15) is 0 Å². The second-order valence-corrected chi connectivity index (χ2v) is 26.0. The topological polar surface area (TPSA) is 13.0 Å². The van der Waals surface area contributed by atoms with Gasteiger partial charge in [-0.1, -0.05) is 115 Å². The van der Waals surface area contributed by atoms with Gasteiger partial charge in [-0.15, -0.1) is 0 Å². The van der Waals surface area contributed by atoms with Crippen LogP contribution in [0.25, 0.3) is 0 Å². The van der Waals surface area contributed by atoms with Crippen molar-refractivity contribution in [1.82, 2.24) is 0 Å². The molecule has 374 valence electrons. The highest BCUT2D eigenvalue weighted by Gasteiger charge is 2.59. The first kappa shape index (κ1) is 43.3. The minimum absolute atomic E-state index is 0.00859. The summed E-state index contributed by atoms with van der Waals surface area (Å²) >= 11 is 0.